The number of sulfone groups is 1. The standard InChI is InChI=1S/C11H16ClN3O3S/c1-2-15-11(16)10(12)9(7-13-15)14-8-3-5-19(17,18)6-4-8/h7-8,14H,2-6H2,1H3. The van der Waals surface area contributed by atoms with Crippen molar-refractivity contribution in [3.8, 4) is 0 Å². The van der Waals surface area contributed by atoms with Gasteiger partial charge in [0, 0.05) is 12.6 Å². The fourth-order valence-corrected chi connectivity index (χ4v) is 3.74. The second-order valence-electron chi connectivity index (χ2n) is 4.56. The first-order valence-electron chi connectivity index (χ1n) is 6.15. The minimum absolute atomic E-state index is 0.0136. The van der Waals surface area contributed by atoms with Gasteiger partial charge in [-0.25, -0.2) is 13.1 Å². The molecule has 0 amide bonds. The molecule has 1 aliphatic rings. The van der Waals surface area contributed by atoms with Gasteiger partial charge in [-0.05, 0) is 19.8 Å². The Kier molecular flexibility index (Phi) is 4.15. The van der Waals surface area contributed by atoms with Crippen molar-refractivity contribution in [1.82, 2.24) is 9.78 Å². The predicted octanol–water partition coefficient (Wildman–Crippen LogP) is 0.906. The summed E-state index contributed by atoms with van der Waals surface area (Å²) in [4.78, 5) is 11.8. The molecule has 1 aliphatic heterocycles. The second kappa shape index (κ2) is 5.50. The molecule has 2 rings (SSSR count). The van der Waals surface area contributed by atoms with Crippen molar-refractivity contribution >= 4 is 27.1 Å². The van der Waals surface area contributed by atoms with Gasteiger partial charge in [0.1, 0.15) is 14.9 Å². The summed E-state index contributed by atoms with van der Waals surface area (Å²) in [6.45, 7) is 2.27. The monoisotopic (exact) mass is 305 g/mol. The Hall–Kier alpha value is -1.08. The van der Waals surface area contributed by atoms with Crippen LogP contribution < -0.4 is 10.9 Å². The average Bonchev–Trinajstić information content (AvgIpc) is 2.37. The topological polar surface area (TPSA) is 81.1 Å². The van der Waals surface area contributed by atoms with Crippen LogP contribution in [0.15, 0.2) is 11.0 Å². The zero-order chi connectivity index (χ0) is 14.0. The van der Waals surface area contributed by atoms with Crippen molar-refractivity contribution in [2.45, 2.75) is 32.4 Å². The fourth-order valence-electron chi connectivity index (χ4n) is 2.05. The van der Waals surface area contributed by atoms with E-state index in [1.54, 1.807) is 0 Å². The van der Waals surface area contributed by atoms with E-state index in [1.807, 2.05) is 6.92 Å². The molecule has 0 bridgehead atoms. The molecule has 19 heavy (non-hydrogen) atoms. The van der Waals surface area contributed by atoms with Crippen LogP contribution in [0.5, 0.6) is 0 Å². The van der Waals surface area contributed by atoms with Gasteiger partial charge in [-0.15, -0.1) is 0 Å². The maximum atomic E-state index is 11.8. The van der Waals surface area contributed by atoms with Crippen molar-refractivity contribution < 1.29 is 8.42 Å². The highest BCUT2D eigenvalue weighted by molar-refractivity contribution is 7.91. The minimum Gasteiger partial charge on any atom is -0.380 e. The van der Waals surface area contributed by atoms with Gasteiger partial charge < -0.3 is 5.32 Å². The highest BCUT2D eigenvalue weighted by atomic mass is 35.5. The molecule has 0 saturated carbocycles. The lowest BCUT2D eigenvalue weighted by Crippen LogP contribution is -2.33. The highest BCUT2D eigenvalue weighted by Gasteiger charge is 2.24. The summed E-state index contributed by atoms with van der Waals surface area (Å²) in [5, 5.41) is 7.20. The van der Waals surface area contributed by atoms with Gasteiger partial charge in [-0.3, -0.25) is 4.79 Å². The third-order valence-electron chi connectivity index (χ3n) is 3.20. The summed E-state index contributed by atoms with van der Waals surface area (Å²) >= 11 is 6.00. The molecule has 1 aromatic heterocycles. The third-order valence-corrected chi connectivity index (χ3v) is 5.28. The van der Waals surface area contributed by atoms with Crippen LogP contribution in [-0.2, 0) is 16.4 Å². The molecule has 0 spiro atoms. The van der Waals surface area contributed by atoms with E-state index in [4.69, 9.17) is 11.6 Å². The van der Waals surface area contributed by atoms with Crippen LogP contribution in [0.4, 0.5) is 5.69 Å². The number of hydrogen-bond acceptors (Lipinski definition) is 5. The molecule has 106 valence electrons. The highest BCUT2D eigenvalue weighted by Crippen LogP contribution is 2.21. The lowest BCUT2D eigenvalue weighted by atomic mass is 10.1. The molecular formula is C11H16ClN3O3S. The molecule has 1 aromatic rings. The normalized spacial score (nSPS) is 19.3. The van der Waals surface area contributed by atoms with Crippen LogP contribution in [0.25, 0.3) is 0 Å². The molecule has 0 unspecified atom stereocenters. The van der Waals surface area contributed by atoms with E-state index >= 15 is 0 Å². The maximum absolute atomic E-state index is 11.8. The smallest absolute Gasteiger partial charge is 0.287 e. The van der Waals surface area contributed by atoms with Crippen LogP contribution in [0.2, 0.25) is 5.02 Å². The van der Waals surface area contributed by atoms with Gasteiger partial charge in [0.05, 0.1) is 23.4 Å². The lowest BCUT2D eigenvalue weighted by Gasteiger charge is -2.24. The zero-order valence-corrected chi connectivity index (χ0v) is 12.2. The van der Waals surface area contributed by atoms with Gasteiger partial charge in [0.25, 0.3) is 5.56 Å². The molecule has 8 heteroatoms. The quantitative estimate of drug-likeness (QED) is 0.897. The zero-order valence-electron chi connectivity index (χ0n) is 10.6. The number of rotatable bonds is 3. The average molecular weight is 306 g/mol. The summed E-state index contributed by atoms with van der Waals surface area (Å²) in [6.07, 6.45) is 2.56. The van der Waals surface area contributed by atoms with Crippen LogP contribution >= 0.6 is 11.6 Å². The molecule has 0 aliphatic carbocycles. The van der Waals surface area contributed by atoms with E-state index in [0.29, 0.717) is 25.1 Å². The molecular weight excluding hydrogens is 290 g/mol. The summed E-state index contributed by atoms with van der Waals surface area (Å²) in [5.74, 6) is 0.337. The minimum atomic E-state index is -2.89. The molecule has 6 nitrogen and oxygen atoms in total. The number of hydrogen-bond donors (Lipinski definition) is 1. The predicted molar refractivity (Wildman–Crippen MR) is 74.5 cm³/mol. The second-order valence-corrected chi connectivity index (χ2v) is 7.25. The van der Waals surface area contributed by atoms with Gasteiger partial charge in [-0.1, -0.05) is 11.6 Å². The summed E-state index contributed by atoms with van der Waals surface area (Å²) < 4.78 is 23.9. The SMILES string of the molecule is CCn1ncc(NC2CCS(=O)(=O)CC2)c(Cl)c1=O. The van der Waals surface area contributed by atoms with Crippen molar-refractivity contribution in [1.29, 1.82) is 0 Å². The van der Waals surface area contributed by atoms with Gasteiger partial charge in [0.15, 0.2) is 0 Å². The van der Waals surface area contributed by atoms with E-state index in [0.717, 1.165) is 0 Å². The number of halogens is 1. The summed E-state index contributed by atoms with van der Waals surface area (Å²) in [7, 11) is -2.89. The van der Waals surface area contributed by atoms with Gasteiger partial charge >= 0.3 is 0 Å². The van der Waals surface area contributed by atoms with Crippen molar-refractivity contribution in [2.75, 3.05) is 16.8 Å². The number of anilines is 1. The number of nitrogens with zero attached hydrogens (tertiary/aromatic N) is 2. The maximum Gasteiger partial charge on any atom is 0.287 e. The van der Waals surface area contributed by atoms with Crippen LogP contribution in [0.1, 0.15) is 19.8 Å². The number of aromatic nitrogens is 2. The first kappa shape index (κ1) is 14.3. The van der Waals surface area contributed by atoms with Crippen molar-refractivity contribution in [3.63, 3.8) is 0 Å². The summed E-state index contributed by atoms with van der Waals surface area (Å²) in [6, 6.07) is 0.0136. The van der Waals surface area contributed by atoms with Crippen molar-refractivity contribution in [2.24, 2.45) is 0 Å². The van der Waals surface area contributed by atoms with Gasteiger partial charge in [0.2, 0.25) is 0 Å². The molecule has 1 fully saturated rings. The first-order valence-corrected chi connectivity index (χ1v) is 8.35. The Balaban J connectivity index is 2.13. The first-order chi connectivity index (χ1) is 8.93. The Morgan fingerprint density at radius 2 is 2.11 bits per heavy atom. The Morgan fingerprint density at radius 1 is 1.47 bits per heavy atom. The Bertz CT molecular complexity index is 613. The Labute approximate surface area is 116 Å². The molecule has 0 aromatic carbocycles. The number of nitrogens with one attached hydrogen (secondary N) is 1. The van der Waals surface area contributed by atoms with Crippen LogP contribution in [-0.4, -0.2) is 35.7 Å². The third kappa shape index (κ3) is 3.27. The van der Waals surface area contributed by atoms with Crippen molar-refractivity contribution in [3.05, 3.63) is 21.6 Å². The largest absolute Gasteiger partial charge is 0.380 e. The van der Waals surface area contributed by atoms with Crippen LogP contribution in [0.3, 0.4) is 0 Å². The Morgan fingerprint density at radius 3 is 2.68 bits per heavy atom. The van der Waals surface area contributed by atoms with Crippen LogP contribution in [0, 0.1) is 0 Å². The summed E-state index contributed by atoms with van der Waals surface area (Å²) in [5.41, 5.74) is 0.137. The molecule has 1 saturated heterocycles. The van der Waals surface area contributed by atoms with E-state index < -0.39 is 9.84 Å². The van der Waals surface area contributed by atoms with Gasteiger partial charge in [-0.2, -0.15) is 5.10 Å². The fraction of sp³-hybridized carbons (Fsp3) is 0.636. The molecule has 0 radical (unpaired) electrons. The van der Waals surface area contributed by atoms with E-state index in [1.165, 1.54) is 10.9 Å². The number of aryl methyl sites for hydroxylation is 1. The molecule has 2 heterocycles. The molecule has 0 atom stereocenters. The van der Waals surface area contributed by atoms with E-state index in [-0.39, 0.29) is 28.1 Å². The molecule has 1 N–H and O–H groups in total. The van der Waals surface area contributed by atoms with E-state index in [2.05, 4.69) is 10.4 Å². The lowest BCUT2D eigenvalue weighted by molar-refractivity contribution is 0.558. The van der Waals surface area contributed by atoms with E-state index in [9.17, 15) is 13.2 Å².